The summed E-state index contributed by atoms with van der Waals surface area (Å²) in [5, 5.41) is 15.9. The van der Waals surface area contributed by atoms with Crippen molar-refractivity contribution >= 4 is 27.8 Å². The largest absolute Gasteiger partial charge is 0.393 e. The molecule has 0 aliphatic heterocycles. The Morgan fingerprint density at radius 2 is 1.86 bits per heavy atom. The van der Waals surface area contributed by atoms with Crippen molar-refractivity contribution in [3.63, 3.8) is 0 Å². The molecule has 0 radical (unpaired) electrons. The van der Waals surface area contributed by atoms with Crippen molar-refractivity contribution in [1.82, 2.24) is 14.5 Å². The molecule has 0 unspecified atom stereocenters. The van der Waals surface area contributed by atoms with Crippen molar-refractivity contribution in [3.05, 3.63) is 40.8 Å². The lowest BCUT2D eigenvalue weighted by molar-refractivity contribution is 0.111. The van der Waals surface area contributed by atoms with Crippen LogP contribution in [0.15, 0.2) is 35.3 Å². The molecule has 0 spiro atoms. The van der Waals surface area contributed by atoms with Crippen molar-refractivity contribution in [2.45, 2.75) is 64.0 Å². The van der Waals surface area contributed by atoms with Crippen molar-refractivity contribution < 1.29 is 5.11 Å². The maximum atomic E-state index is 13.4. The van der Waals surface area contributed by atoms with E-state index >= 15 is 0 Å². The number of aliphatic hydroxyl groups excluding tert-OH is 1. The number of hydrogen-bond donors (Lipinski definition) is 2. The third-order valence-electron chi connectivity index (χ3n) is 7.02. The van der Waals surface area contributed by atoms with Crippen LogP contribution in [0.3, 0.4) is 0 Å². The second-order valence-corrected chi connectivity index (χ2v) is 8.82. The van der Waals surface area contributed by atoms with Crippen LogP contribution >= 0.6 is 0 Å². The molecule has 1 aromatic carbocycles. The van der Waals surface area contributed by atoms with E-state index in [1.54, 1.807) is 0 Å². The van der Waals surface area contributed by atoms with Crippen molar-refractivity contribution in [2.75, 3.05) is 11.9 Å². The predicted molar refractivity (Wildman–Crippen MR) is 115 cm³/mol. The third kappa shape index (κ3) is 3.29. The lowest BCUT2D eigenvalue weighted by atomic mass is 9.92. The van der Waals surface area contributed by atoms with Crippen LogP contribution in [0, 0.1) is 5.41 Å². The van der Waals surface area contributed by atoms with Gasteiger partial charge in [-0.2, -0.15) is 4.98 Å². The molecular formula is C23H28N4O2. The van der Waals surface area contributed by atoms with Gasteiger partial charge in [-0.25, -0.2) is 4.98 Å². The Balaban J connectivity index is 1.63. The number of aliphatic hydroxyl groups is 1. The number of aromatic nitrogens is 3. The smallest absolute Gasteiger partial charge is 0.260 e. The molecule has 3 aromatic rings. The highest BCUT2D eigenvalue weighted by Gasteiger charge is 2.40. The fraction of sp³-hybridized carbons (Fsp3) is 0.522. The standard InChI is InChI=1S/C23H28N4O2/c1-2-23(11-12-23)14-25-22-24-13-19-17-5-3-4-6-18(17)21(29)27(20(19)26-22)15-7-9-16(28)10-8-15/h3-6,13,15-16,28H,2,7-12,14H2,1H3,(H,24,25,26). The summed E-state index contributed by atoms with van der Waals surface area (Å²) >= 11 is 0. The second kappa shape index (κ2) is 7.10. The van der Waals surface area contributed by atoms with E-state index in [0.717, 1.165) is 49.4 Å². The minimum absolute atomic E-state index is 0.00589. The molecular weight excluding hydrogens is 364 g/mol. The van der Waals surface area contributed by atoms with Gasteiger partial charge in [0.2, 0.25) is 5.95 Å². The molecule has 2 fully saturated rings. The summed E-state index contributed by atoms with van der Waals surface area (Å²) in [5.41, 5.74) is 1.10. The molecule has 0 amide bonds. The predicted octanol–water partition coefficient (Wildman–Crippen LogP) is 4.02. The van der Waals surface area contributed by atoms with E-state index < -0.39 is 0 Å². The van der Waals surface area contributed by atoms with Gasteiger partial charge in [0.05, 0.1) is 6.10 Å². The van der Waals surface area contributed by atoms with Gasteiger partial charge in [-0.05, 0) is 61.8 Å². The number of nitrogens with zero attached hydrogens (tertiary/aromatic N) is 3. The van der Waals surface area contributed by atoms with Gasteiger partial charge in [0.15, 0.2) is 0 Å². The Labute approximate surface area is 170 Å². The van der Waals surface area contributed by atoms with E-state index in [-0.39, 0.29) is 17.7 Å². The zero-order valence-corrected chi connectivity index (χ0v) is 16.9. The molecule has 2 aliphatic carbocycles. The zero-order chi connectivity index (χ0) is 20.0. The number of benzene rings is 1. The number of pyridine rings is 1. The lowest BCUT2D eigenvalue weighted by Gasteiger charge is -2.28. The van der Waals surface area contributed by atoms with Crippen LogP contribution in [-0.4, -0.2) is 32.3 Å². The fourth-order valence-corrected chi connectivity index (χ4v) is 4.72. The van der Waals surface area contributed by atoms with E-state index in [0.29, 0.717) is 22.4 Å². The van der Waals surface area contributed by atoms with Crippen LogP contribution in [0.5, 0.6) is 0 Å². The summed E-state index contributed by atoms with van der Waals surface area (Å²) in [6, 6.07) is 7.77. The highest BCUT2D eigenvalue weighted by molar-refractivity contribution is 6.04. The Hall–Kier alpha value is -2.47. The van der Waals surface area contributed by atoms with Crippen LogP contribution in [0.4, 0.5) is 5.95 Å². The molecule has 2 N–H and O–H groups in total. The Kier molecular flexibility index (Phi) is 4.54. The van der Waals surface area contributed by atoms with Crippen LogP contribution in [0.1, 0.15) is 57.9 Å². The average molecular weight is 393 g/mol. The maximum Gasteiger partial charge on any atom is 0.260 e. The van der Waals surface area contributed by atoms with Gasteiger partial charge in [-0.3, -0.25) is 9.36 Å². The first kappa shape index (κ1) is 18.6. The van der Waals surface area contributed by atoms with E-state index in [9.17, 15) is 9.90 Å². The maximum absolute atomic E-state index is 13.4. The number of nitrogens with one attached hydrogen (secondary N) is 1. The molecule has 5 rings (SSSR count). The topological polar surface area (TPSA) is 80.0 Å². The van der Waals surface area contributed by atoms with E-state index in [4.69, 9.17) is 4.98 Å². The first-order chi connectivity index (χ1) is 14.1. The van der Waals surface area contributed by atoms with Gasteiger partial charge in [0.1, 0.15) is 5.65 Å². The number of hydrogen-bond acceptors (Lipinski definition) is 5. The van der Waals surface area contributed by atoms with Crippen LogP contribution < -0.4 is 10.9 Å². The van der Waals surface area contributed by atoms with E-state index in [1.165, 1.54) is 12.8 Å². The molecule has 6 nitrogen and oxygen atoms in total. The fourth-order valence-electron chi connectivity index (χ4n) is 4.72. The average Bonchev–Trinajstić information content (AvgIpc) is 3.54. The quantitative estimate of drug-likeness (QED) is 0.641. The molecule has 0 bridgehead atoms. The zero-order valence-electron chi connectivity index (χ0n) is 16.9. The van der Waals surface area contributed by atoms with Gasteiger partial charge in [-0.1, -0.05) is 25.1 Å². The summed E-state index contributed by atoms with van der Waals surface area (Å²) in [6.45, 7) is 3.11. The highest BCUT2D eigenvalue weighted by atomic mass is 16.3. The Bertz CT molecular complexity index is 1110. The summed E-state index contributed by atoms with van der Waals surface area (Å²) in [6.07, 6.45) is 8.29. The van der Waals surface area contributed by atoms with Gasteiger partial charge in [0.25, 0.3) is 5.56 Å². The molecule has 2 saturated carbocycles. The minimum Gasteiger partial charge on any atom is -0.393 e. The first-order valence-electron chi connectivity index (χ1n) is 10.8. The van der Waals surface area contributed by atoms with Gasteiger partial charge < -0.3 is 10.4 Å². The Morgan fingerprint density at radius 3 is 2.55 bits per heavy atom. The third-order valence-corrected chi connectivity index (χ3v) is 7.02. The monoisotopic (exact) mass is 392 g/mol. The Morgan fingerprint density at radius 1 is 1.14 bits per heavy atom. The molecule has 152 valence electrons. The molecule has 2 aromatic heterocycles. The molecule has 2 aliphatic rings. The van der Waals surface area contributed by atoms with Crippen molar-refractivity contribution in [1.29, 1.82) is 0 Å². The minimum atomic E-state index is -0.260. The lowest BCUT2D eigenvalue weighted by Crippen LogP contribution is -2.30. The van der Waals surface area contributed by atoms with Crippen LogP contribution in [0.2, 0.25) is 0 Å². The van der Waals surface area contributed by atoms with Crippen molar-refractivity contribution in [3.8, 4) is 0 Å². The van der Waals surface area contributed by atoms with Gasteiger partial charge in [0, 0.05) is 29.6 Å². The number of fused-ring (bicyclic) bond motifs is 3. The van der Waals surface area contributed by atoms with Crippen LogP contribution in [-0.2, 0) is 0 Å². The summed E-state index contributed by atoms with van der Waals surface area (Å²) in [4.78, 5) is 22.8. The normalized spacial score (nSPS) is 23.4. The van der Waals surface area contributed by atoms with Gasteiger partial charge in [-0.15, -0.1) is 0 Å². The number of anilines is 1. The molecule has 2 heterocycles. The second-order valence-electron chi connectivity index (χ2n) is 8.82. The van der Waals surface area contributed by atoms with E-state index in [2.05, 4.69) is 17.2 Å². The highest BCUT2D eigenvalue weighted by Crippen LogP contribution is 2.48. The summed E-state index contributed by atoms with van der Waals surface area (Å²) < 4.78 is 1.86. The molecule has 6 heteroatoms. The van der Waals surface area contributed by atoms with E-state index in [1.807, 2.05) is 35.0 Å². The SMILES string of the molecule is CCC1(CNc2ncc3c4ccccc4c(=O)n(C4CCC(O)CC4)c3n2)CC1. The molecule has 0 saturated heterocycles. The number of rotatable bonds is 5. The molecule has 29 heavy (non-hydrogen) atoms. The van der Waals surface area contributed by atoms with Gasteiger partial charge >= 0.3 is 0 Å². The summed E-state index contributed by atoms with van der Waals surface area (Å²) in [7, 11) is 0. The first-order valence-corrected chi connectivity index (χ1v) is 10.8. The van der Waals surface area contributed by atoms with Crippen molar-refractivity contribution in [2.24, 2.45) is 5.41 Å². The summed E-state index contributed by atoms with van der Waals surface area (Å²) in [5.74, 6) is 0.594. The van der Waals surface area contributed by atoms with Crippen LogP contribution in [0.25, 0.3) is 21.8 Å². The molecule has 0 atom stereocenters.